The van der Waals surface area contributed by atoms with E-state index in [4.69, 9.17) is 15.0 Å². The van der Waals surface area contributed by atoms with Crippen molar-refractivity contribution in [3.05, 3.63) is 202 Å². The molecule has 2 aliphatic rings. The van der Waals surface area contributed by atoms with E-state index in [0.717, 1.165) is 33.6 Å². The summed E-state index contributed by atoms with van der Waals surface area (Å²) in [6.45, 7) is 4.29. The maximum Gasteiger partial charge on any atom is 0.164 e. The number of aromatic nitrogens is 3. The molecule has 6 heteroatoms. The van der Waals surface area contributed by atoms with Crippen molar-refractivity contribution in [2.45, 2.75) is 19.3 Å². The van der Waals surface area contributed by atoms with Crippen LogP contribution in [0.4, 0.5) is 17.1 Å². The molecule has 0 atom stereocenters. The molecule has 0 bridgehead atoms. The molecule has 0 unspecified atom stereocenters. The number of nitriles is 2. The number of aryl methyl sites for hydroxylation is 2. The first-order valence-electron chi connectivity index (χ1n) is 18.6. The Balaban J connectivity index is 1.22. The fraction of sp³-hybridized carbons (Fsp3) is 0.0600. The van der Waals surface area contributed by atoms with Gasteiger partial charge in [0.2, 0.25) is 0 Å². The minimum Gasteiger partial charge on any atom is -0.307 e. The second-order valence-electron chi connectivity index (χ2n) is 14.4. The Morgan fingerprint density at radius 2 is 0.857 bits per heavy atom. The molecular weight excluding hydrogens is 685 g/mol. The first-order chi connectivity index (χ1) is 27.5. The molecule has 2 heterocycles. The predicted octanol–water partition coefficient (Wildman–Crippen LogP) is 11.4. The molecule has 0 N–H and O–H groups in total. The van der Waals surface area contributed by atoms with Crippen LogP contribution in [0.2, 0.25) is 0 Å². The molecule has 1 aromatic heterocycles. The van der Waals surface area contributed by atoms with E-state index in [1.54, 1.807) is 12.1 Å². The van der Waals surface area contributed by atoms with Gasteiger partial charge in [-0.3, -0.25) is 0 Å². The zero-order valence-corrected chi connectivity index (χ0v) is 30.7. The molecule has 56 heavy (non-hydrogen) atoms. The van der Waals surface area contributed by atoms with Gasteiger partial charge in [0, 0.05) is 16.7 Å². The van der Waals surface area contributed by atoms with Gasteiger partial charge in [-0.2, -0.15) is 10.5 Å². The first kappa shape index (κ1) is 32.9. The molecule has 262 valence electrons. The predicted molar refractivity (Wildman–Crippen MR) is 221 cm³/mol. The van der Waals surface area contributed by atoms with E-state index in [9.17, 15) is 10.5 Å². The zero-order valence-electron chi connectivity index (χ0n) is 30.7. The maximum absolute atomic E-state index is 11.0. The highest BCUT2D eigenvalue weighted by molar-refractivity contribution is 5.98. The van der Waals surface area contributed by atoms with Crippen molar-refractivity contribution in [2.24, 2.45) is 0 Å². The molecule has 0 saturated heterocycles. The molecule has 8 aromatic rings. The fourth-order valence-electron chi connectivity index (χ4n) is 8.74. The van der Waals surface area contributed by atoms with Gasteiger partial charge in [-0.05, 0) is 71.5 Å². The molecule has 0 saturated carbocycles. The van der Waals surface area contributed by atoms with E-state index < -0.39 is 5.41 Å². The van der Waals surface area contributed by atoms with Gasteiger partial charge in [-0.15, -0.1) is 0 Å². The standard InChI is InChI=1S/C50H32N6/c1-31-21-23-40-38(25-31)39-26-32(2)22-24-41(39)50(40)42-17-9-11-19-44(42)56(45-20-12-10-18-43(45)50)46-36(29-51)27-35(28-37(46)30-52)49-54-47(33-13-5-3-6-14-33)53-48(55-49)34-15-7-4-8-16-34/h3-28H,1-2H3. The summed E-state index contributed by atoms with van der Waals surface area (Å²) in [4.78, 5) is 16.8. The van der Waals surface area contributed by atoms with E-state index in [2.05, 4.69) is 104 Å². The molecule has 1 aliphatic carbocycles. The van der Waals surface area contributed by atoms with E-state index in [-0.39, 0.29) is 0 Å². The van der Waals surface area contributed by atoms with Gasteiger partial charge >= 0.3 is 0 Å². The molecule has 6 nitrogen and oxygen atoms in total. The van der Waals surface area contributed by atoms with Crippen LogP contribution in [0.15, 0.2) is 158 Å². The largest absolute Gasteiger partial charge is 0.307 e. The molecule has 1 aliphatic heterocycles. The molecule has 10 rings (SSSR count). The van der Waals surface area contributed by atoms with Crippen LogP contribution in [-0.4, -0.2) is 15.0 Å². The molecule has 0 amide bonds. The Kier molecular flexibility index (Phi) is 7.49. The lowest BCUT2D eigenvalue weighted by atomic mass is 9.64. The molecule has 0 radical (unpaired) electrons. The van der Waals surface area contributed by atoms with Crippen LogP contribution < -0.4 is 4.90 Å². The number of benzene rings is 7. The summed E-state index contributed by atoms with van der Waals surface area (Å²) in [6.07, 6.45) is 0. The van der Waals surface area contributed by atoms with E-state index in [0.29, 0.717) is 39.9 Å². The Morgan fingerprint density at radius 3 is 1.30 bits per heavy atom. The number of para-hydroxylation sites is 2. The van der Waals surface area contributed by atoms with Crippen LogP contribution in [-0.2, 0) is 5.41 Å². The number of anilines is 3. The van der Waals surface area contributed by atoms with E-state index in [1.807, 2.05) is 72.8 Å². The number of fused-ring (bicyclic) bond motifs is 9. The topological polar surface area (TPSA) is 89.5 Å². The van der Waals surface area contributed by atoms with Crippen molar-refractivity contribution in [1.82, 2.24) is 15.0 Å². The lowest BCUT2D eigenvalue weighted by Gasteiger charge is -2.45. The molecule has 0 fully saturated rings. The minimum absolute atomic E-state index is 0.334. The van der Waals surface area contributed by atoms with Crippen molar-refractivity contribution in [2.75, 3.05) is 4.90 Å². The average molecular weight is 717 g/mol. The Hall–Kier alpha value is -7.67. The van der Waals surface area contributed by atoms with Gasteiger partial charge in [0.25, 0.3) is 0 Å². The monoisotopic (exact) mass is 716 g/mol. The lowest BCUT2D eigenvalue weighted by Crippen LogP contribution is -2.36. The van der Waals surface area contributed by atoms with Crippen LogP contribution in [0.25, 0.3) is 45.3 Å². The van der Waals surface area contributed by atoms with Crippen molar-refractivity contribution in [3.8, 4) is 57.4 Å². The third-order valence-electron chi connectivity index (χ3n) is 11.1. The van der Waals surface area contributed by atoms with Gasteiger partial charge in [0.1, 0.15) is 12.1 Å². The Bertz CT molecular complexity index is 2780. The first-order valence-corrected chi connectivity index (χ1v) is 18.6. The zero-order chi connectivity index (χ0) is 38.0. The van der Waals surface area contributed by atoms with Gasteiger partial charge in [0.15, 0.2) is 17.5 Å². The van der Waals surface area contributed by atoms with Crippen LogP contribution in [0.5, 0.6) is 0 Å². The second kappa shape index (κ2) is 12.7. The Labute approximate surface area is 325 Å². The van der Waals surface area contributed by atoms with Crippen molar-refractivity contribution in [3.63, 3.8) is 0 Å². The summed E-state index contributed by atoms with van der Waals surface area (Å²) in [5, 5.41) is 22.0. The van der Waals surface area contributed by atoms with Gasteiger partial charge < -0.3 is 4.90 Å². The van der Waals surface area contributed by atoms with Gasteiger partial charge in [0.05, 0.1) is 33.6 Å². The number of hydrogen-bond donors (Lipinski definition) is 0. The summed E-state index contributed by atoms with van der Waals surface area (Å²) in [6, 6.07) is 58.5. The lowest BCUT2D eigenvalue weighted by molar-refractivity contribution is 0.752. The molecular formula is C50H32N6. The van der Waals surface area contributed by atoms with Gasteiger partial charge in [-0.1, -0.05) is 145 Å². The Morgan fingerprint density at radius 1 is 0.446 bits per heavy atom. The quantitative estimate of drug-likeness (QED) is 0.180. The van der Waals surface area contributed by atoms with Crippen molar-refractivity contribution in [1.29, 1.82) is 10.5 Å². The highest BCUT2D eigenvalue weighted by Gasteiger charge is 2.52. The van der Waals surface area contributed by atoms with Crippen LogP contribution in [0.3, 0.4) is 0 Å². The summed E-state index contributed by atoms with van der Waals surface area (Å²) in [7, 11) is 0. The fourth-order valence-corrected chi connectivity index (χ4v) is 8.74. The number of nitrogens with zero attached hydrogens (tertiary/aromatic N) is 6. The third kappa shape index (κ3) is 4.83. The average Bonchev–Trinajstić information content (AvgIpc) is 3.52. The summed E-state index contributed by atoms with van der Waals surface area (Å²) >= 11 is 0. The van der Waals surface area contributed by atoms with Gasteiger partial charge in [-0.25, -0.2) is 15.0 Å². The number of hydrogen-bond acceptors (Lipinski definition) is 6. The highest BCUT2D eigenvalue weighted by atomic mass is 15.2. The van der Waals surface area contributed by atoms with Crippen LogP contribution in [0, 0.1) is 36.5 Å². The third-order valence-corrected chi connectivity index (χ3v) is 11.1. The minimum atomic E-state index is -0.623. The van der Waals surface area contributed by atoms with Crippen molar-refractivity contribution >= 4 is 17.1 Å². The van der Waals surface area contributed by atoms with E-state index >= 15 is 0 Å². The highest BCUT2D eigenvalue weighted by Crippen LogP contribution is 2.64. The van der Waals surface area contributed by atoms with E-state index in [1.165, 1.54) is 33.4 Å². The maximum atomic E-state index is 11.0. The summed E-state index contributed by atoms with van der Waals surface area (Å²) < 4.78 is 0. The molecule has 7 aromatic carbocycles. The van der Waals surface area contributed by atoms with Crippen LogP contribution in [0.1, 0.15) is 44.5 Å². The smallest absolute Gasteiger partial charge is 0.164 e. The van der Waals surface area contributed by atoms with Crippen LogP contribution >= 0.6 is 0 Å². The second-order valence-corrected chi connectivity index (χ2v) is 14.4. The normalized spacial score (nSPS) is 12.9. The SMILES string of the molecule is Cc1ccc2c(c1)-c1cc(C)ccc1C21c2ccccc2N(c2c(C#N)cc(-c3nc(-c4ccccc4)nc(-c4ccccc4)n3)cc2C#N)c2ccccc21. The van der Waals surface area contributed by atoms with Crippen molar-refractivity contribution < 1.29 is 0 Å². The summed E-state index contributed by atoms with van der Waals surface area (Å²) in [5.41, 5.74) is 14.1. The number of rotatable bonds is 4. The molecule has 1 spiro atoms. The summed E-state index contributed by atoms with van der Waals surface area (Å²) in [5.74, 6) is 1.38.